The zero-order valence-electron chi connectivity index (χ0n) is 12.0. The average Bonchev–Trinajstić information content (AvgIpc) is 2.38. The van der Waals surface area contributed by atoms with Crippen LogP contribution in [0.15, 0.2) is 18.5 Å². The first-order valence-electron chi connectivity index (χ1n) is 6.40. The van der Waals surface area contributed by atoms with Gasteiger partial charge < -0.3 is 5.11 Å². The Kier molecular flexibility index (Phi) is 3.79. The molecule has 1 unspecified atom stereocenters. The molecule has 0 amide bonds. The van der Waals surface area contributed by atoms with Gasteiger partial charge in [-0.3, -0.25) is 9.78 Å². The van der Waals surface area contributed by atoms with E-state index in [-0.39, 0.29) is 0 Å². The summed E-state index contributed by atoms with van der Waals surface area (Å²) in [6.45, 7) is 7.26. The molecule has 2 aromatic rings. The van der Waals surface area contributed by atoms with E-state index >= 15 is 0 Å². The quantitative estimate of drug-likeness (QED) is 0.928. The van der Waals surface area contributed by atoms with Crippen molar-refractivity contribution in [3.63, 3.8) is 0 Å². The van der Waals surface area contributed by atoms with E-state index in [1.807, 2.05) is 26.8 Å². The molecule has 5 nitrogen and oxygen atoms in total. The molecule has 0 saturated carbocycles. The number of hydrogen-bond donors (Lipinski definition) is 1. The van der Waals surface area contributed by atoms with E-state index in [2.05, 4.69) is 15.0 Å². The smallest absolute Gasteiger partial charge is 0.310 e. The fraction of sp³-hybridized carbons (Fsp3) is 0.333. The number of rotatable bonds is 3. The number of carboxylic acids is 1. The van der Waals surface area contributed by atoms with E-state index in [1.165, 1.54) is 0 Å². The summed E-state index contributed by atoms with van der Waals surface area (Å²) in [5, 5.41) is 9.15. The molecule has 0 spiro atoms. The van der Waals surface area contributed by atoms with E-state index in [0.29, 0.717) is 22.8 Å². The third-order valence-corrected chi connectivity index (χ3v) is 3.41. The average molecular weight is 271 g/mol. The second-order valence-corrected chi connectivity index (χ2v) is 4.88. The summed E-state index contributed by atoms with van der Waals surface area (Å²) >= 11 is 0. The minimum absolute atomic E-state index is 0.590. The van der Waals surface area contributed by atoms with E-state index in [9.17, 15) is 4.79 Å². The van der Waals surface area contributed by atoms with Crippen molar-refractivity contribution in [2.24, 2.45) is 0 Å². The molecule has 0 saturated heterocycles. The molecule has 0 radical (unpaired) electrons. The van der Waals surface area contributed by atoms with Gasteiger partial charge in [-0.2, -0.15) is 0 Å². The molecule has 20 heavy (non-hydrogen) atoms. The Morgan fingerprint density at radius 3 is 2.30 bits per heavy atom. The third kappa shape index (κ3) is 2.52. The largest absolute Gasteiger partial charge is 0.481 e. The van der Waals surface area contributed by atoms with Gasteiger partial charge in [0.25, 0.3) is 0 Å². The first-order chi connectivity index (χ1) is 9.41. The van der Waals surface area contributed by atoms with Crippen LogP contribution < -0.4 is 0 Å². The minimum Gasteiger partial charge on any atom is -0.481 e. The number of carbonyl (C=O) groups is 1. The number of hydrogen-bond acceptors (Lipinski definition) is 4. The van der Waals surface area contributed by atoms with Gasteiger partial charge in [0.15, 0.2) is 5.82 Å². The second-order valence-electron chi connectivity index (χ2n) is 4.88. The van der Waals surface area contributed by atoms with Crippen LogP contribution in [0.2, 0.25) is 0 Å². The summed E-state index contributed by atoms with van der Waals surface area (Å²) in [4.78, 5) is 24.1. The van der Waals surface area contributed by atoms with Gasteiger partial charge in [-0.25, -0.2) is 9.97 Å². The molecule has 5 heteroatoms. The molecule has 104 valence electrons. The van der Waals surface area contributed by atoms with Crippen LogP contribution in [0.1, 0.15) is 35.4 Å². The second kappa shape index (κ2) is 5.36. The van der Waals surface area contributed by atoms with Gasteiger partial charge in [-0.1, -0.05) is 0 Å². The number of aryl methyl sites for hydroxylation is 3. The highest BCUT2D eigenvalue weighted by Gasteiger charge is 2.21. The normalized spacial score (nSPS) is 12.2. The van der Waals surface area contributed by atoms with Crippen molar-refractivity contribution in [2.75, 3.05) is 0 Å². The van der Waals surface area contributed by atoms with Crippen molar-refractivity contribution in [3.05, 3.63) is 41.0 Å². The molecular formula is C15H17N3O2. The first-order valence-corrected chi connectivity index (χ1v) is 6.40. The fourth-order valence-electron chi connectivity index (χ4n) is 2.29. The Balaban J connectivity index is 2.56. The molecule has 1 atom stereocenters. The lowest BCUT2D eigenvalue weighted by Gasteiger charge is -2.14. The maximum Gasteiger partial charge on any atom is 0.310 e. The highest BCUT2D eigenvalue weighted by atomic mass is 16.4. The Morgan fingerprint density at radius 2 is 1.80 bits per heavy atom. The molecule has 0 aliphatic rings. The lowest BCUT2D eigenvalue weighted by atomic mass is 9.98. The third-order valence-electron chi connectivity index (χ3n) is 3.41. The predicted octanol–water partition coefficient (Wildman–Crippen LogP) is 2.65. The standard InChI is InChI=1S/C15H17N3O2/c1-8-5-6-16-7-12(8)14-17-10(3)13(11(4)18-14)9(2)15(19)20/h5-7,9H,1-4H3,(H,19,20). The Bertz CT molecular complexity index is 645. The van der Waals surface area contributed by atoms with Crippen molar-refractivity contribution >= 4 is 5.97 Å². The van der Waals surface area contributed by atoms with E-state index in [4.69, 9.17) is 5.11 Å². The molecule has 2 aromatic heterocycles. The van der Waals surface area contributed by atoms with Crippen LogP contribution in [0.4, 0.5) is 0 Å². The van der Waals surface area contributed by atoms with E-state index in [0.717, 1.165) is 11.1 Å². The Hall–Kier alpha value is -2.30. The molecular weight excluding hydrogens is 254 g/mol. The topological polar surface area (TPSA) is 76.0 Å². The van der Waals surface area contributed by atoms with Gasteiger partial charge in [-0.05, 0) is 39.3 Å². The SMILES string of the molecule is Cc1ccncc1-c1nc(C)c(C(C)C(=O)O)c(C)n1. The van der Waals surface area contributed by atoms with Crippen LogP contribution in [0.25, 0.3) is 11.4 Å². The molecule has 2 heterocycles. The molecule has 0 bridgehead atoms. The molecule has 0 aliphatic carbocycles. The van der Waals surface area contributed by atoms with Crippen molar-refractivity contribution in [1.82, 2.24) is 15.0 Å². The fourth-order valence-corrected chi connectivity index (χ4v) is 2.29. The van der Waals surface area contributed by atoms with Crippen LogP contribution in [0.3, 0.4) is 0 Å². The summed E-state index contributed by atoms with van der Waals surface area (Å²) < 4.78 is 0. The van der Waals surface area contributed by atoms with E-state index < -0.39 is 11.9 Å². The van der Waals surface area contributed by atoms with Crippen LogP contribution in [-0.2, 0) is 4.79 Å². The Labute approximate surface area is 117 Å². The summed E-state index contributed by atoms with van der Waals surface area (Å²) in [5.41, 5.74) is 3.99. The van der Waals surface area contributed by atoms with Gasteiger partial charge in [0.05, 0.1) is 5.92 Å². The van der Waals surface area contributed by atoms with Crippen molar-refractivity contribution < 1.29 is 9.90 Å². The van der Waals surface area contributed by atoms with Gasteiger partial charge in [-0.15, -0.1) is 0 Å². The molecule has 1 N–H and O–H groups in total. The summed E-state index contributed by atoms with van der Waals surface area (Å²) in [6, 6.07) is 1.90. The number of aliphatic carboxylic acids is 1. The lowest BCUT2D eigenvalue weighted by Crippen LogP contribution is -2.13. The molecule has 0 fully saturated rings. The molecule has 0 aromatic carbocycles. The maximum atomic E-state index is 11.1. The van der Waals surface area contributed by atoms with Crippen molar-refractivity contribution in [3.8, 4) is 11.4 Å². The lowest BCUT2D eigenvalue weighted by molar-refractivity contribution is -0.138. The Morgan fingerprint density at radius 1 is 1.20 bits per heavy atom. The van der Waals surface area contributed by atoms with Gasteiger partial charge in [0, 0.05) is 34.9 Å². The monoisotopic (exact) mass is 271 g/mol. The van der Waals surface area contributed by atoms with Gasteiger partial charge >= 0.3 is 5.97 Å². The first kappa shape index (κ1) is 14.1. The van der Waals surface area contributed by atoms with Crippen LogP contribution >= 0.6 is 0 Å². The molecule has 0 aliphatic heterocycles. The number of pyridine rings is 1. The summed E-state index contributed by atoms with van der Waals surface area (Å²) in [6.07, 6.45) is 3.45. The number of carboxylic acid groups (broad SMARTS) is 1. The highest BCUT2D eigenvalue weighted by molar-refractivity contribution is 5.76. The van der Waals surface area contributed by atoms with Crippen LogP contribution in [0, 0.1) is 20.8 Å². The minimum atomic E-state index is -0.870. The molecule has 2 rings (SSSR count). The predicted molar refractivity (Wildman–Crippen MR) is 75.5 cm³/mol. The summed E-state index contributed by atoms with van der Waals surface area (Å²) in [7, 11) is 0. The zero-order valence-corrected chi connectivity index (χ0v) is 12.0. The highest BCUT2D eigenvalue weighted by Crippen LogP contribution is 2.25. The summed E-state index contributed by atoms with van der Waals surface area (Å²) in [5.74, 6) is -0.893. The van der Waals surface area contributed by atoms with Crippen LogP contribution in [-0.4, -0.2) is 26.0 Å². The zero-order chi connectivity index (χ0) is 14.9. The van der Waals surface area contributed by atoms with Crippen LogP contribution in [0.5, 0.6) is 0 Å². The van der Waals surface area contributed by atoms with Crippen molar-refractivity contribution in [2.45, 2.75) is 33.6 Å². The number of nitrogens with zero attached hydrogens (tertiary/aromatic N) is 3. The van der Waals surface area contributed by atoms with Crippen molar-refractivity contribution in [1.29, 1.82) is 0 Å². The van der Waals surface area contributed by atoms with Gasteiger partial charge in [0.2, 0.25) is 0 Å². The van der Waals surface area contributed by atoms with E-state index in [1.54, 1.807) is 19.3 Å². The number of aromatic nitrogens is 3. The van der Waals surface area contributed by atoms with Gasteiger partial charge in [0.1, 0.15) is 0 Å². The maximum absolute atomic E-state index is 11.1.